The van der Waals surface area contributed by atoms with E-state index in [-0.39, 0.29) is 0 Å². The molecular formula is C42H67NS2. The van der Waals surface area contributed by atoms with Crippen LogP contribution < -0.4 is 0 Å². The Bertz CT molecular complexity index is 1020. The Morgan fingerprint density at radius 3 is 1.78 bits per heavy atom. The molecule has 1 nitrogen and oxygen atoms in total. The van der Waals surface area contributed by atoms with Crippen LogP contribution in [0.4, 0.5) is 0 Å². The minimum Gasteiger partial charge on any atom is -0.294 e. The first-order chi connectivity index (χ1) is 22.3. The van der Waals surface area contributed by atoms with E-state index in [2.05, 4.69) is 28.4 Å². The lowest BCUT2D eigenvalue weighted by atomic mass is 9.60. The van der Waals surface area contributed by atoms with Crippen LogP contribution in [0.5, 0.6) is 0 Å². The fourth-order valence-corrected chi connectivity index (χ4v) is 20.6. The Hall–Kier alpha value is 0.660. The van der Waals surface area contributed by atoms with Gasteiger partial charge in [0.05, 0.1) is 0 Å². The summed E-state index contributed by atoms with van der Waals surface area (Å²) in [5.41, 5.74) is 0. The molecule has 0 aromatic rings. The standard InChI is InChI=1S/C42H67NS2/c1-4-16-36-31(11-1)32-12-2-5-17-37(32)43(36)29-21-19-26(20-22-29)27-9-7-10-28(25-27)30-14-8-15-33-34-23-24-39-40(42(34)45-41(30)33)35-13-3-6-18-38(35)44-39/h26-42H,1-25H2. The number of likely N-dealkylation sites (tertiary alicyclic amines) is 1. The summed E-state index contributed by atoms with van der Waals surface area (Å²) >= 11 is 5.17. The zero-order chi connectivity index (χ0) is 29.5. The van der Waals surface area contributed by atoms with Crippen LogP contribution in [-0.4, -0.2) is 44.0 Å². The van der Waals surface area contributed by atoms with Crippen LogP contribution in [-0.2, 0) is 0 Å². The molecule has 3 aliphatic heterocycles. The summed E-state index contributed by atoms with van der Waals surface area (Å²) in [6, 6.07) is 2.93. The highest BCUT2D eigenvalue weighted by molar-refractivity contribution is 8.02. The molecular weight excluding hydrogens is 583 g/mol. The van der Waals surface area contributed by atoms with Gasteiger partial charge in [-0.2, -0.15) is 23.5 Å². The lowest BCUT2D eigenvalue weighted by Crippen LogP contribution is -2.48. The first-order valence-corrected chi connectivity index (χ1v) is 23.3. The van der Waals surface area contributed by atoms with Crippen molar-refractivity contribution in [2.45, 2.75) is 200 Å². The summed E-state index contributed by atoms with van der Waals surface area (Å²) in [6.45, 7) is 0. The van der Waals surface area contributed by atoms with Crippen LogP contribution in [0.2, 0.25) is 0 Å². The van der Waals surface area contributed by atoms with E-state index in [1.807, 2.05) is 0 Å². The lowest BCUT2D eigenvalue weighted by molar-refractivity contribution is 0.0357. The molecule has 7 aliphatic carbocycles. The molecule has 7 saturated carbocycles. The maximum absolute atomic E-state index is 3.26. The first-order valence-electron chi connectivity index (χ1n) is 21.4. The van der Waals surface area contributed by atoms with E-state index in [1.54, 1.807) is 128 Å². The van der Waals surface area contributed by atoms with Crippen molar-refractivity contribution in [3.63, 3.8) is 0 Å². The molecule has 45 heavy (non-hydrogen) atoms. The highest BCUT2D eigenvalue weighted by Gasteiger charge is 2.59. The lowest BCUT2D eigenvalue weighted by Gasteiger charge is -2.47. The number of hydrogen-bond acceptors (Lipinski definition) is 3. The van der Waals surface area contributed by atoms with E-state index in [4.69, 9.17) is 0 Å². The van der Waals surface area contributed by atoms with Gasteiger partial charge in [0.1, 0.15) is 0 Å². The van der Waals surface area contributed by atoms with Gasteiger partial charge in [-0.05, 0) is 155 Å². The number of fused-ring (bicyclic) bond motifs is 10. The van der Waals surface area contributed by atoms with Gasteiger partial charge >= 0.3 is 0 Å². The van der Waals surface area contributed by atoms with Crippen LogP contribution in [0.1, 0.15) is 161 Å². The zero-order valence-corrected chi connectivity index (χ0v) is 30.4. The molecule has 0 spiro atoms. The monoisotopic (exact) mass is 649 g/mol. The number of hydrogen-bond donors (Lipinski definition) is 0. The maximum atomic E-state index is 3.26. The van der Waals surface area contributed by atoms with Crippen LogP contribution in [0.3, 0.4) is 0 Å². The highest BCUT2D eigenvalue weighted by atomic mass is 32.2. The molecule has 0 aromatic carbocycles. The van der Waals surface area contributed by atoms with Gasteiger partial charge in [-0.1, -0.05) is 64.2 Å². The van der Waals surface area contributed by atoms with Gasteiger partial charge in [0.15, 0.2) is 0 Å². The molecule has 15 unspecified atom stereocenters. The van der Waals surface area contributed by atoms with Gasteiger partial charge in [-0.3, -0.25) is 4.90 Å². The van der Waals surface area contributed by atoms with Crippen molar-refractivity contribution in [1.29, 1.82) is 0 Å². The van der Waals surface area contributed by atoms with E-state index in [9.17, 15) is 0 Å². The number of nitrogens with zero attached hydrogens (tertiary/aromatic N) is 1. The van der Waals surface area contributed by atoms with Gasteiger partial charge < -0.3 is 0 Å². The summed E-state index contributed by atoms with van der Waals surface area (Å²) < 4.78 is 0. The SMILES string of the molecule is C1CC(C2CCC(N3C4CCCCC4C4CCCCC43)CC2)CC(C2CCCC3C4CCC5SC6CCCCC6C5C4SC23)C1. The predicted molar refractivity (Wildman–Crippen MR) is 194 cm³/mol. The molecule has 0 amide bonds. The fourth-order valence-electron chi connectivity index (χ4n) is 15.8. The third-order valence-electron chi connectivity index (χ3n) is 17.5. The van der Waals surface area contributed by atoms with Gasteiger partial charge in [0, 0.05) is 39.1 Å². The molecule has 0 bridgehead atoms. The molecule has 3 heteroatoms. The average Bonchev–Trinajstić information content (AvgIpc) is 3.78. The molecule has 3 saturated heterocycles. The van der Waals surface area contributed by atoms with E-state index >= 15 is 0 Å². The molecule has 0 aromatic heterocycles. The van der Waals surface area contributed by atoms with E-state index < -0.39 is 0 Å². The molecule has 15 atom stereocenters. The largest absolute Gasteiger partial charge is 0.294 e. The predicted octanol–water partition coefficient (Wildman–Crippen LogP) is 11.4. The Labute approximate surface area is 286 Å². The second-order valence-electron chi connectivity index (χ2n) is 19.0. The smallest absolute Gasteiger partial charge is 0.0133 e. The summed E-state index contributed by atoms with van der Waals surface area (Å²) in [5.74, 6) is 10.9. The fraction of sp³-hybridized carbons (Fsp3) is 1.00. The third-order valence-corrected chi connectivity index (χ3v) is 21.3. The highest BCUT2D eigenvalue weighted by Crippen LogP contribution is 2.66. The molecule has 10 aliphatic rings. The maximum Gasteiger partial charge on any atom is 0.0133 e. The number of rotatable bonds is 3. The van der Waals surface area contributed by atoms with Crippen molar-refractivity contribution in [2.75, 3.05) is 0 Å². The minimum absolute atomic E-state index is 0.956. The summed E-state index contributed by atoms with van der Waals surface area (Å²) in [4.78, 5) is 3.26. The second-order valence-corrected chi connectivity index (χ2v) is 21.9. The van der Waals surface area contributed by atoms with Gasteiger partial charge in [-0.15, -0.1) is 0 Å². The van der Waals surface area contributed by atoms with Crippen molar-refractivity contribution in [1.82, 2.24) is 4.90 Å². The Morgan fingerprint density at radius 1 is 0.356 bits per heavy atom. The van der Waals surface area contributed by atoms with Crippen LogP contribution in [0.15, 0.2) is 0 Å². The molecule has 3 heterocycles. The number of thioether (sulfide) groups is 2. The molecule has 0 radical (unpaired) electrons. The van der Waals surface area contributed by atoms with Gasteiger partial charge in [-0.25, -0.2) is 0 Å². The third kappa shape index (κ3) is 5.23. The van der Waals surface area contributed by atoms with E-state index in [0.29, 0.717) is 0 Å². The second kappa shape index (κ2) is 12.8. The van der Waals surface area contributed by atoms with Gasteiger partial charge in [0.2, 0.25) is 0 Å². The Balaban J connectivity index is 0.795. The Morgan fingerprint density at radius 2 is 0.978 bits per heavy atom. The van der Waals surface area contributed by atoms with Crippen molar-refractivity contribution in [2.24, 2.45) is 59.2 Å². The molecule has 10 rings (SSSR count). The van der Waals surface area contributed by atoms with Crippen molar-refractivity contribution in [3.05, 3.63) is 0 Å². The zero-order valence-electron chi connectivity index (χ0n) is 28.8. The Kier molecular flexibility index (Phi) is 8.65. The topological polar surface area (TPSA) is 3.24 Å². The summed E-state index contributed by atoms with van der Waals surface area (Å²) in [5, 5.41) is 4.22. The van der Waals surface area contributed by atoms with Crippen molar-refractivity contribution in [3.8, 4) is 0 Å². The van der Waals surface area contributed by atoms with E-state index in [1.165, 1.54) is 32.1 Å². The summed E-state index contributed by atoms with van der Waals surface area (Å²) in [7, 11) is 0. The average molecular weight is 650 g/mol. The van der Waals surface area contributed by atoms with Crippen LogP contribution in [0, 0.1) is 59.2 Å². The minimum atomic E-state index is 0.956. The van der Waals surface area contributed by atoms with Crippen molar-refractivity contribution >= 4 is 23.5 Å². The first kappa shape index (κ1) is 30.5. The molecule has 0 N–H and O–H groups in total. The van der Waals surface area contributed by atoms with Crippen LogP contribution >= 0.6 is 23.5 Å². The van der Waals surface area contributed by atoms with Crippen molar-refractivity contribution < 1.29 is 0 Å². The normalized spacial score (nSPS) is 56.4. The molecule has 10 fully saturated rings. The summed E-state index contributed by atoms with van der Waals surface area (Å²) in [6.07, 6.45) is 39.3. The van der Waals surface area contributed by atoms with E-state index in [0.717, 1.165) is 98.3 Å². The quantitative estimate of drug-likeness (QED) is 0.299. The molecule has 252 valence electrons. The van der Waals surface area contributed by atoms with Crippen LogP contribution in [0.25, 0.3) is 0 Å². The van der Waals surface area contributed by atoms with Gasteiger partial charge in [0.25, 0.3) is 0 Å².